The van der Waals surface area contributed by atoms with E-state index in [9.17, 15) is 4.79 Å². The summed E-state index contributed by atoms with van der Waals surface area (Å²) in [6.07, 6.45) is 4.06. The lowest BCUT2D eigenvalue weighted by Crippen LogP contribution is -2.45. The Bertz CT molecular complexity index is 279. The lowest BCUT2D eigenvalue weighted by atomic mass is 9.96. The zero-order chi connectivity index (χ0) is 13.8. The first-order valence-corrected chi connectivity index (χ1v) is 6.98. The normalized spacial score (nSPS) is 28.1. The number of rotatable bonds is 6. The molecule has 1 aliphatic rings. The van der Waals surface area contributed by atoms with Crippen LogP contribution in [0.3, 0.4) is 0 Å². The van der Waals surface area contributed by atoms with Crippen LogP contribution in [0, 0.1) is 5.92 Å². The van der Waals surface area contributed by atoms with Gasteiger partial charge in [0.1, 0.15) is 5.54 Å². The van der Waals surface area contributed by atoms with Crippen LogP contribution in [-0.2, 0) is 9.53 Å². The summed E-state index contributed by atoms with van der Waals surface area (Å²) < 4.78 is 4.70. The molecule has 0 aromatic carbocycles. The quantitative estimate of drug-likeness (QED) is 0.581. The fourth-order valence-electron chi connectivity index (χ4n) is 2.84. The first-order chi connectivity index (χ1) is 8.36. The molecule has 4 heteroatoms. The first-order valence-electron chi connectivity index (χ1n) is 6.98. The van der Waals surface area contributed by atoms with Crippen molar-refractivity contribution in [3.05, 3.63) is 0 Å². The summed E-state index contributed by atoms with van der Waals surface area (Å²) in [5.74, 6) is 0.500. The molecule has 0 aliphatic carbocycles. The molecule has 1 heterocycles. The minimum absolute atomic E-state index is 0.314. The van der Waals surface area contributed by atoms with Crippen LogP contribution in [0.1, 0.15) is 46.5 Å². The molecule has 0 saturated carbocycles. The van der Waals surface area contributed by atoms with Crippen LogP contribution in [0.2, 0.25) is 0 Å². The average molecular weight is 256 g/mol. The summed E-state index contributed by atoms with van der Waals surface area (Å²) in [4.78, 5) is 14.0. The Morgan fingerprint density at radius 2 is 2.11 bits per heavy atom. The van der Waals surface area contributed by atoms with E-state index in [4.69, 9.17) is 10.5 Å². The third-order valence-corrected chi connectivity index (χ3v) is 3.96. The maximum atomic E-state index is 11.4. The predicted molar refractivity (Wildman–Crippen MR) is 73.3 cm³/mol. The fourth-order valence-corrected chi connectivity index (χ4v) is 2.84. The van der Waals surface area contributed by atoms with Gasteiger partial charge in [-0.2, -0.15) is 0 Å². The number of hydrogen-bond donors (Lipinski definition) is 1. The molecule has 1 fully saturated rings. The molecule has 0 amide bonds. The average Bonchev–Trinajstić information content (AvgIpc) is 2.62. The highest BCUT2D eigenvalue weighted by Gasteiger charge is 2.29. The Labute approximate surface area is 111 Å². The first kappa shape index (κ1) is 15.4. The highest BCUT2D eigenvalue weighted by molar-refractivity contribution is 5.79. The Balaban J connectivity index is 2.21. The van der Waals surface area contributed by atoms with Gasteiger partial charge in [-0.05, 0) is 52.0 Å². The van der Waals surface area contributed by atoms with Gasteiger partial charge in [0.15, 0.2) is 0 Å². The van der Waals surface area contributed by atoms with Gasteiger partial charge in [0.2, 0.25) is 0 Å². The number of esters is 1. The van der Waals surface area contributed by atoms with Gasteiger partial charge in [-0.3, -0.25) is 4.79 Å². The summed E-state index contributed by atoms with van der Waals surface area (Å²) in [6, 6.07) is 0.699. The van der Waals surface area contributed by atoms with Crippen LogP contribution < -0.4 is 5.73 Å². The largest absolute Gasteiger partial charge is 0.468 e. The van der Waals surface area contributed by atoms with E-state index in [0.29, 0.717) is 12.5 Å². The number of carbonyl (C=O) groups is 1. The van der Waals surface area contributed by atoms with E-state index in [-0.39, 0.29) is 5.97 Å². The van der Waals surface area contributed by atoms with E-state index in [1.54, 1.807) is 6.92 Å². The Morgan fingerprint density at radius 3 is 2.61 bits per heavy atom. The summed E-state index contributed by atoms with van der Waals surface area (Å²) in [6.45, 7) is 8.68. The Morgan fingerprint density at radius 1 is 1.44 bits per heavy atom. The van der Waals surface area contributed by atoms with Crippen LogP contribution in [0.15, 0.2) is 0 Å². The number of nitrogens with zero attached hydrogens (tertiary/aromatic N) is 1. The third-order valence-electron chi connectivity index (χ3n) is 3.96. The lowest BCUT2D eigenvalue weighted by molar-refractivity contribution is -0.146. The maximum absolute atomic E-state index is 11.4. The maximum Gasteiger partial charge on any atom is 0.325 e. The zero-order valence-electron chi connectivity index (χ0n) is 12.2. The lowest BCUT2D eigenvalue weighted by Gasteiger charge is -2.23. The van der Waals surface area contributed by atoms with Crippen molar-refractivity contribution in [2.24, 2.45) is 11.7 Å². The topological polar surface area (TPSA) is 55.6 Å². The molecule has 106 valence electrons. The van der Waals surface area contributed by atoms with E-state index >= 15 is 0 Å². The molecule has 18 heavy (non-hydrogen) atoms. The highest BCUT2D eigenvalue weighted by atomic mass is 16.5. The number of likely N-dealkylation sites (tertiary alicyclic amines) is 1. The molecule has 1 saturated heterocycles. The standard InChI is InChI=1S/C14H28N2O2/c1-11-9-12(2)16(10-11)8-6-5-7-14(3,15)13(17)18-4/h11-12H,5-10,15H2,1-4H3. The van der Waals surface area contributed by atoms with Crippen molar-refractivity contribution in [2.75, 3.05) is 20.2 Å². The van der Waals surface area contributed by atoms with E-state index in [1.165, 1.54) is 20.1 Å². The highest BCUT2D eigenvalue weighted by Crippen LogP contribution is 2.23. The van der Waals surface area contributed by atoms with Crippen molar-refractivity contribution in [3.63, 3.8) is 0 Å². The molecule has 1 aliphatic heterocycles. The van der Waals surface area contributed by atoms with Crippen LogP contribution in [-0.4, -0.2) is 42.6 Å². The van der Waals surface area contributed by atoms with Crippen molar-refractivity contribution < 1.29 is 9.53 Å². The molecular weight excluding hydrogens is 228 g/mol. The second kappa shape index (κ2) is 6.53. The van der Waals surface area contributed by atoms with Crippen molar-refractivity contribution in [1.82, 2.24) is 4.90 Å². The molecule has 4 nitrogen and oxygen atoms in total. The monoisotopic (exact) mass is 256 g/mol. The fraction of sp³-hybridized carbons (Fsp3) is 0.929. The Kier molecular flexibility index (Phi) is 5.60. The van der Waals surface area contributed by atoms with Gasteiger partial charge < -0.3 is 15.4 Å². The molecule has 0 radical (unpaired) electrons. The van der Waals surface area contributed by atoms with Crippen molar-refractivity contribution in [2.45, 2.75) is 58.0 Å². The van der Waals surface area contributed by atoms with Gasteiger partial charge in [-0.25, -0.2) is 0 Å². The summed E-state index contributed by atoms with van der Waals surface area (Å²) >= 11 is 0. The second-order valence-electron chi connectivity index (χ2n) is 6.05. The molecule has 0 spiro atoms. The molecule has 2 N–H and O–H groups in total. The third kappa shape index (κ3) is 4.25. The van der Waals surface area contributed by atoms with Gasteiger partial charge in [-0.1, -0.05) is 6.92 Å². The number of ether oxygens (including phenoxy) is 1. The number of nitrogens with two attached hydrogens (primary N) is 1. The minimum atomic E-state index is -0.835. The predicted octanol–water partition coefficient (Wildman–Crippen LogP) is 1.78. The Hall–Kier alpha value is -0.610. The van der Waals surface area contributed by atoms with Gasteiger partial charge in [0.05, 0.1) is 7.11 Å². The van der Waals surface area contributed by atoms with E-state index in [1.807, 2.05) is 0 Å². The minimum Gasteiger partial charge on any atom is -0.468 e. The molecular formula is C14H28N2O2. The number of carbonyl (C=O) groups excluding carboxylic acids is 1. The van der Waals surface area contributed by atoms with Crippen LogP contribution >= 0.6 is 0 Å². The van der Waals surface area contributed by atoms with Gasteiger partial charge in [-0.15, -0.1) is 0 Å². The molecule has 0 aromatic rings. The van der Waals surface area contributed by atoms with Crippen molar-refractivity contribution in [3.8, 4) is 0 Å². The number of unbranched alkanes of at least 4 members (excludes halogenated alkanes) is 1. The summed E-state index contributed by atoms with van der Waals surface area (Å²) in [5.41, 5.74) is 5.09. The van der Waals surface area contributed by atoms with Gasteiger partial charge in [0.25, 0.3) is 0 Å². The van der Waals surface area contributed by atoms with Gasteiger partial charge >= 0.3 is 5.97 Å². The van der Waals surface area contributed by atoms with Gasteiger partial charge in [0, 0.05) is 12.6 Å². The second-order valence-corrected chi connectivity index (χ2v) is 6.05. The van der Waals surface area contributed by atoms with Crippen LogP contribution in [0.5, 0.6) is 0 Å². The van der Waals surface area contributed by atoms with E-state index in [2.05, 4.69) is 18.7 Å². The van der Waals surface area contributed by atoms with Crippen molar-refractivity contribution >= 4 is 5.97 Å². The number of hydrogen-bond acceptors (Lipinski definition) is 4. The number of methoxy groups -OCH3 is 1. The zero-order valence-corrected chi connectivity index (χ0v) is 12.2. The molecule has 3 atom stereocenters. The molecule has 3 unspecified atom stereocenters. The summed E-state index contributed by atoms with van der Waals surface area (Å²) in [7, 11) is 1.39. The van der Waals surface area contributed by atoms with E-state index < -0.39 is 5.54 Å². The van der Waals surface area contributed by atoms with Crippen LogP contribution in [0.25, 0.3) is 0 Å². The van der Waals surface area contributed by atoms with E-state index in [0.717, 1.165) is 25.3 Å². The molecule has 1 rings (SSSR count). The SMILES string of the molecule is COC(=O)C(C)(N)CCCCN1CC(C)CC1C. The van der Waals surface area contributed by atoms with Crippen molar-refractivity contribution in [1.29, 1.82) is 0 Å². The van der Waals surface area contributed by atoms with Crippen LogP contribution in [0.4, 0.5) is 0 Å². The molecule has 0 bridgehead atoms. The summed E-state index contributed by atoms with van der Waals surface area (Å²) in [5, 5.41) is 0. The molecule has 0 aromatic heterocycles. The smallest absolute Gasteiger partial charge is 0.325 e.